The van der Waals surface area contributed by atoms with E-state index in [1.807, 2.05) is 6.92 Å². The Kier molecular flexibility index (Phi) is 4.67. The van der Waals surface area contributed by atoms with Gasteiger partial charge >= 0.3 is 0 Å². The molecule has 0 spiro atoms. The molecular formula is C13H26N2O2S. The van der Waals surface area contributed by atoms with E-state index < -0.39 is 10.2 Å². The van der Waals surface area contributed by atoms with Crippen LogP contribution in [0.2, 0.25) is 0 Å². The van der Waals surface area contributed by atoms with Crippen LogP contribution < -0.4 is 4.72 Å². The lowest BCUT2D eigenvalue weighted by Gasteiger charge is -2.35. The van der Waals surface area contributed by atoms with Crippen molar-refractivity contribution in [2.24, 2.45) is 5.92 Å². The number of nitrogens with zero attached hydrogens (tertiary/aromatic N) is 1. The molecule has 1 saturated heterocycles. The Labute approximate surface area is 111 Å². The third-order valence-electron chi connectivity index (χ3n) is 4.38. The molecule has 106 valence electrons. The van der Waals surface area contributed by atoms with Crippen LogP contribution in [0.4, 0.5) is 0 Å². The van der Waals surface area contributed by atoms with E-state index in [1.165, 1.54) is 0 Å². The summed E-state index contributed by atoms with van der Waals surface area (Å²) >= 11 is 0. The quantitative estimate of drug-likeness (QED) is 0.858. The summed E-state index contributed by atoms with van der Waals surface area (Å²) in [5, 5.41) is 0. The molecule has 1 aliphatic heterocycles. The number of hydrogen-bond donors (Lipinski definition) is 1. The first kappa shape index (κ1) is 14.3. The van der Waals surface area contributed by atoms with Gasteiger partial charge in [-0.15, -0.1) is 0 Å². The first-order valence-electron chi connectivity index (χ1n) is 7.28. The maximum Gasteiger partial charge on any atom is 0.279 e. The standard InChI is InChI=1S/C13H26N2O2S/c1-11-6-8-13(9-7-11)14-18(16,17)15-10-4-3-5-12(15)2/h11-14H,3-10H2,1-2H3/t11?,12-,13?/m0/s1. The fourth-order valence-corrected chi connectivity index (χ4v) is 4.83. The van der Waals surface area contributed by atoms with E-state index in [-0.39, 0.29) is 12.1 Å². The Bertz CT molecular complexity index is 361. The summed E-state index contributed by atoms with van der Waals surface area (Å²) in [4.78, 5) is 0. The SMILES string of the molecule is CC1CCC(NS(=O)(=O)N2CCCC[C@@H]2C)CC1. The van der Waals surface area contributed by atoms with Gasteiger partial charge in [-0.3, -0.25) is 0 Å². The first-order chi connectivity index (χ1) is 8.49. The van der Waals surface area contributed by atoms with E-state index >= 15 is 0 Å². The van der Waals surface area contributed by atoms with E-state index in [9.17, 15) is 8.42 Å². The van der Waals surface area contributed by atoms with Gasteiger partial charge in [0.05, 0.1) is 0 Å². The Balaban J connectivity index is 1.94. The highest BCUT2D eigenvalue weighted by molar-refractivity contribution is 7.87. The molecule has 5 heteroatoms. The van der Waals surface area contributed by atoms with Crippen LogP contribution in [0.1, 0.15) is 58.8 Å². The molecule has 1 aliphatic carbocycles. The zero-order chi connectivity index (χ0) is 13.2. The molecule has 0 aromatic heterocycles. The summed E-state index contributed by atoms with van der Waals surface area (Å²) in [5.41, 5.74) is 0. The van der Waals surface area contributed by atoms with Crippen molar-refractivity contribution >= 4 is 10.2 Å². The van der Waals surface area contributed by atoms with Crippen LogP contribution in [-0.2, 0) is 10.2 Å². The molecule has 2 fully saturated rings. The average Bonchev–Trinajstić information content (AvgIpc) is 2.32. The van der Waals surface area contributed by atoms with Gasteiger partial charge < -0.3 is 0 Å². The summed E-state index contributed by atoms with van der Waals surface area (Å²) in [6.45, 7) is 4.94. The highest BCUT2D eigenvalue weighted by Crippen LogP contribution is 2.25. The van der Waals surface area contributed by atoms with Gasteiger partial charge in [-0.2, -0.15) is 17.4 Å². The fraction of sp³-hybridized carbons (Fsp3) is 1.00. The van der Waals surface area contributed by atoms with Crippen molar-refractivity contribution in [2.45, 2.75) is 70.9 Å². The molecule has 4 nitrogen and oxygen atoms in total. The number of hydrogen-bond acceptors (Lipinski definition) is 2. The lowest BCUT2D eigenvalue weighted by Crippen LogP contribution is -2.51. The summed E-state index contributed by atoms with van der Waals surface area (Å²) in [6, 6.07) is 0.305. The molecule has 18 heavy (non-hydrogen) atoms. The molecule has 1 heterocycles. The number of rotatable bonds is 3. The highest BCUT2D eigenvalue weighted by Gasteiger charge is 2.32. The Morgan fingerprint density at radius 3 is 2.28 bits per heavy atom. The highest BCUT2D eigenvalue weighted by atomic mass is 32.2. The first-order valence-corrected chi connectivity index (χ1v) is 8.72. The predicted octanol–water partition coefficient (Wildman–Crippen LogP) is 2.27. The average molecular weight is 274 g/mol. The third-order valence-corrected chi connectivity index (χ3v) is 6.17. The molecule has 0 unspecified atom stereocenters. The molecule has 1 N–H and O–H groups in total. The molecule has 2 rings (SSSR count). The van der Waals surface area contributed by atoms with Gasteiger partial charge in [-0.1, -0.05) is 13.3 Å². The molecule has 0 bridgehead atoms. The van der Waals surface area contributed by atoms with Crippen LogP contribution in [0.3, 0.4) is 0 Å². The van der Waals surface area contributed by atoms with Crippen molar-refractivity contribution < 1.29 is 8.42 Å². The van der Waals surface area contributed by atoms with Crippen LogP contribution in [0.25, 0.3) is 0 Å². The van der Waals surface area contributed by atoms with Crippen LogP contribution in [-0.4, -0.2) is 31.4 Å². The Hall–Kier alpha value is -0.130. The lowest BCUT2D eigenvalue weighted by atomic mass is 9.88. The Morgan fingerprint density at radius 2 is 1.67 bits per heavy atom. The van der Waals surface area contributed by atoms with Crippen molar-refractivity contribution in [3.63, 3.8) is 0 Å². The zero-order valence-electron chi connectivity index (χ0n) is 11.6. The van der Waals surface area contributed by atoms with E-state index in [0.29, 0.717) is 6.54 Å². The molecule has 1 saturated carbocycles. The predicted molar refractivity (Wildman–Crippen MR) is 73.5 cm³/mol. The van der Waals surface area contributed by atoms with E-state index in [2.05, 4.69) is 11.6 Å². The van der Waals surface area contributed by atoms with Crippen molar-refractivity contribution in [2.75, 3.05) is 6.54 Å². The third kappa shape index (κ3) is 3.45. The second-order valence-corrected chi connectivity index (χ2v) is 7.69. The Morgan fingerprint density at radius 1 is 1.00 bits per heavy atom. The second kappa shape index (κ2) is 5.88. The van der Waals surface area contributed by atoms with Gasteiger partial charge in [0, 0.05) is 18.6 Å². The van der Waals surface area contributed by atoms with Crippen LogP contribution in [0.5, 0.6) is 0 Å². The zero-order valence-corrected chi connectivity index (χ0v) is 12.4. The van der Waals surface area contributed by atoms with Crippen molar-refractivity contribution in [3.05, 3.63) is 0 Å². The minimum Gasteiger partial charge on any atom is -0.199 e. The molecule has 2 aliphatic rings. The molecule has 0 aromatic rings. The van der Waals surface area contributed by atoms with Gasteiger partial charge in [0.2, 0.25) is 0 Å². The summed E-state index contributed by atoms with van der Waals surface area (Å²) in [5.74, 6) is 0.750. The molecule has 0 radical (unpaired) electrons. The summed E-state index contributed by atoms with van der Waals surface area (Å²) in [6.07, 6.45) is 7.39. The smallest absolute Gasteiger partial charge is 0.199 e. The maximum absolute atomic E-state index is 12.4. The van der Waals surface area contributed by atoms with Gasteiger partial charge in [0.25, 0.3) is 10.2 Å². The maximum atomic E-state index is 12.4. The van der Waals surface area contributed by atoms with Gasteiger partial charge in [0.1, 0.15) is 0 Å². The summed E-state index contributed by atoms with van der Waals surface area (Å²) < 4.78 is 29.3. The van der Waals surface area contributed by atoms with Gasteiger partial charge in [-0.05, 0) is 51.4 Å². The monoisotopic (exact) mass is 274 g/mol. The molecule has 0 aromatic carbocycles. The van der Waals surface area contributed by atoms with E-state index in [0.717, 1.165) is 50.9 Å². The topological polar surface area (TPSA) is 49.4 Å². The van der Waals surface area contributed by atoms with Crippen molar-refractivity contribution in [1.29, 1.82) is 0 Å². The second-order valence-electron chi connectivity index (χ2n) is 6.04. The number of piperidine rings is 1. The van der Waals surface area contributed by atoms with Crippen molar-refractivity contribution in [1.82, 2.24) is 9.03 Å². The minimum atomic E-state index is -3.27. The normalized spacial score (nSPS) is 35.6. The minimum absolute atomic E-state index is 0.152. The van der Waals surface area contributed by atoms with Gasteiger partial charge in [0.15, 0.2) is 0 Å². The van der Waals surface area contributed by atoms with Crippen LogP contribution in [0.15, 0.2) is 0 Å². The van der Waals surface area contributed by atoms with Gasteiger partial charge in [-0.25, -0.2) is 0 Å². The largest absolute Gasteiger partial charge is 0.279 e. The van der Waals surface area contributed by atoms with Crippen LogP contribution >= 0.6 is 0 Å². The molecule has 1 atom stereocenters. The summed E-state index contributed by atoms with van der Waals surface area (Å²) in [7, 11) is -3.27. The van der Waals surface area contributed by atoms with E-state index in [4.69, 9.17) is 0 Å². The lowest BCUT2D eigenvalue weighted by molar-refractivity contribution is 0.258. The van der Waals surface area contributed by atoms with Crippen LogP contribution in [0, 0.1) is 5.92 Å². The molecule has 0 amide bonds. The van der Waals surface area contributed by atoms with Crippen molar-refractivity contribution in [3.8, 4) is 0 Å². The van der Waals surface area contributed by atoms with E-state index in [1.54, 1.807) is 4.31 Å². The molecular weight excluding hydrogens is 248 g/mol. The number of nitrogens with one attached hydrogen (secondary N) is 1. The fourth-order valence-electron chi connectivity index (χ4n) is 3.09.